The molecule has 1 aromatic carbocycles. The Kier molecular flexibility index (Phi) is 8.98. The number of benzene rings is 1. The van der Waals surface area contributed by atoms with Crippen LogP contribution in [0.4, 0.5) is 5.69 Å². The lowest BCUT2D eigenvalue weighted by Gasteiger charge is -2.62. The van der Waals surface area contributed by atoms with Crippen LogP contribution in [0.15, 0.2) is 63.0 Å². The molecular formula is C35H46N6O6. The Morgan fingerprint density at radius 1 is 1.26 bits per heavy atom. The second-order valence-corrected chi connectivity index (χ2v) is 14.2. The minimum Gasteiger partial charge on any atom is -0.454 e. The van der Waals surface area contributed by atoms with Crippen LogP contribution in [0.2, 0.25) is 0 Å². The number of guanidine groups is 1. The largest absolute Gasteiger partial charge is 0.454 e. The summed E-state index contributed by atoms with van der Waals surface area (Å²) in [5.41, 5.74) is 11.3. The van der Waals surface area contributed by atoms with Crippen LogP contribution in [-0.2, 0) is 25.5 Å². The predicted molar refractivity (Wildman–Crippen MR) is 178 cm³/mol. The molecule has 12 heteroatoms. The number of aliphatic hydroxyl groups excluding tert-OH is 2. The van der Waals surface area contributed by atoms with E-state index in [-0.39, 0.29) is 48.1 Å². The van der Waals surface area contributed by atoms with E-state index in [9.17, 15) is 19.8 Å². The number of fused-ring (bicyclic) bond motifs is 1. The maximum absolute atomic E-state index is 13.2. The Balaban J connectivity index is 1.25. The Labute approximate surface area is 275 Å². The highest BCUT2D eigenvalue weighted by Gasteiger charge is 2.70. The van der Waals surface area contributed by atoms with Crippen molar-refractivity contribution in [3.05, 3.63) is 53.6 Å². The van der Waals surface area contributed by atoms with Crippen LogP contribution in [0.5, 0.6) is 0 Å². The number of aliphatic hydroxyl groups is 2. The van der Waals surface area contributed by atoms with E-state index in [1.54, 1.807) is 6.21 Å². The van der Waals surface area contributed by atoms with E-state index in [2.05, 4.69) is 33.3 Å². The molecule has 0 aromatic heterocycles. The second-order valence-electron chi connectivity index (χ2n) is 14.2. The van der Waals surface area contributed by atoms with Gasteiger partial charge in [-0.2, -0.15) is 0 Å². The van der Waals surface area contributed by atoms with Crippen LogP contribution in [0.25, 0.3) is 0 Å². The first-order valence-electron chi connectivity index (χ1n) is 16.4. The van der Waals surface area contributed by atoms with E-state index in [0.29, 0.717) is 49.5 Å². The topological polar surface area (TPSA) is 198 Å². The zero-order valence-corrected chi connectivity index (χ0v) is 27.3. The van der Waals surface area contributed by atoms with Crippen molar-refractivity contribution in [1.82, 2.24) is 5.32 Å². The summed E-state index contributed by atoms with van der Waals surface area (Å²) in [5.74, 6) is -0.124. The highest BCUT2D eigenvalue weighted by molar-refractivity contribution is 6.07. The Morgan fingerprint density at radius 3 is 2.64 bits per heavy atom. The van der Waals surface area contributed by atoms with Crippen molar-refractivity contribution < 1.29 is 29.3 Å². The van der Waals surface area contributed by atoms with Crippen molar-refractivity contribution in [1.29, 1.82) is 0 Å². The van der Waals surface area contributed by atoms with Crippen molar-refractivity contribution in [3.63, 3.8) is 0 Å². The minimum atomic E-state index is -0.747. The first-order chi connectivity index (χ1) is 22.4. The van der Waals surface area contributed by atoms with Gasteiger partial charge in [0.1, 0.15) is 17.5 Å². The molecule has 3 heterocycles. The summed E-state index contributed by atoms with van der Waals surface area (Å²) in [6.45, 7) is 6.86. The number of nitrogens with one attached hydrogen (secondary N) is 1. The Hall–Kier alpha value is -3.71. The summed E-state index contributed by atoms with van der Waals surface area (Å²) in [7, 11) is 0. The number of ketones is 1. The Morgan fingerprint density at radius 2 is 2.00 bits per heavy atom. The minimum absolute atomic E-state index is 0.0107. The molecule has 0 bridgehead atoms. The van der Waals surface area contributed by atoms with Crippen LogP contribution >= 0.6 is 0 Å². The third-order valence-corrected chi connectivity index (χ3v) is 11.2. The molecule has 1 aromatic rings. The van der Waals surface area contributed by atoms with Crippen molar-refractivity contribution >= 4 is 35.4 Å². The van der Waals surface area contributed by atoms with Crippen molar-refractivity contribution in [2.24, 2.45) is 49.1 Å². The van der Waals surface area contributed by atoms with Crippen molar-refractivity contribution in [2.75, 3.05) is 19.8 Å². The summed E-state index contributed by atoms with van der Waals surface area (Å²) >= 11 is 0. The maximum Gasteiger partial charge on any atom is 0.338 e. The smallest absolute Gasteiger partial charge is 0.338 e. The van der Waals surface area contributed by atoms with Gasteiger partial charge < -0.3 is 36.5 Å². The number of cyclic esters (lactones) is 1. The van der Waals surface area contributed by atoms with Crippen molar-refractivity contribution in [2.45, 2.75) is 82.8 Å². The van der Waals surface area contributed by atoms with E-state index < -0.39 is 35.2 Å². The first-order valence-corrected chi connectivity index (χ1v) is 16.4. The number of amidine groups is 1. The molecule has 9 atom stereocenters. The summed E-state index contributed by atoms with van der Waals surface area (Å²) in [6.07, 6.45) is 8.93. The number of aliphatic imine (C=N–C) groups is 3. The van der Waals surface area contributed by atoms with E-state index in [1.807, 2.05) is 50.3 Å². The number of rotatable bonds is 11. The molecule has 2 aliphatic carbocycles. The van der Waals surface area contributed by atoms with Crippen LogP contribution in [0.1, 0.15) is 52.0 Å². The molecule has 6 unspecified atom stereocenters. The van der Waals surface area contributed by atoms with Gasteiger partial charge >= 0.3 is 5.97 Å². The van der Waals surface area contributed by atoms with Gasteiger partial charge in [-0.05, 0) is 61.3 Å². The molecule has 3 aliphatic heterocycles. The van der Waals surface area contributed by atoms with Gasteiger partial charge in [0.25, 0.3) is 0 Å². The third-order valence-electron chi connectivity index (χ3n) is 11.2. The average molecular weight is 647 g/mol. The molecular weight excluding hydrogens is 600 g/mol. The van der Waals surface area contributed by atoms with Gasteiger partial charge in [-0.3, -0.25) is 9.79 Å². The molecule has 7 N–H and O–H groups in total. The zero-order valence-electron chi connectivity index (χ0n) is 27.3. The number of Topliss-reactive ketones (excluding diaryl/α,β-unsaturated/α-hetero) is 1. The van der Waals surface area contributed by atoms with Crippen molar-refractivity contribution in [3.8, 4) is 0 Å². The van der Waals surface area contributed by atoms with Gasteiger partial charge in [0.15, 0.2) is 11.7 Å². The molecule has 5 aliphatic rings. The number of epoxide rings is 1. The fraction of sp³-hybridized carbons (Fsp3) is 0.571. The molecule has 1 saturated heterocycles. The highest BCUT2D eigenvalue weighted by atomic mass is 16.6. The lowest BCUT2D eigenvalue weighted by molar-refractivity contribution is -0.174. The van der Waals surface area contributed by atoms with E-state index in [4.69, 9.17) is 20.9 Å². The lowest BCUT2D eigenvalue weighted by atomic mass is 9.44. The summed E-state index contributed by atoms with van der Waals surface area (Å²) in [4.78, 5) is 38.7. The molecule has 252 valence electrons. The van der Waals surface area contributed by atoms with E-state index in [1.165, 1.54) is 0 Å². The van der Waals surface area contributed by atoms with Gasteiger partial charge in [-0.1, -0.05) is 38.1 Å². The van der Waals surface area contributed by atoms with Gasteiger partial charge in [0.05, 0.1) is 49.6 Å². The zero-order chi connectivity index (χ0) is 33.6. The number of hydrogen-bond acceptors (Lipinski definition) is 10. The van der Waals surface area contributed by atoms with Gasteiger partial charge in [-0.25, -0.2) is 14.8 Å². The molecule has 1 spiro atoms. The third kappa shape index (κ3) is 6.31. The van der Waals surface area contributed by atoms with Gasteiger partial charge in [-0.15, -0.1) is 0 Å². The summed E-state index contributed by atoms with van der Waals surface area (Å²) < 4.78 is 12.1. The lowest BCUT2D eigenvalue weighted by Crippen LogP contribution is -2.67. The van der Waals surface area contributed by atoms with Gasteiger partial charge in [0.2, 0.25) is 0 Å². The molecule has 6 rings (SSSR count). The maximum atomic E-state index is 13.2. The monoisotopic (exact) mass is 646 g/mol. The standard InChI is InChI=1S/C35H46N6O6/c1-20(25(43)16-30-38-12-13-39-30)40-28-17-27-33(2,11-10-29(44)34(27,3)18-42)26(35(28)19-46-35)9-6-22-15-24(47-31(22)45)14-21-4-7-23(8-5-21)41-32(36)37/h4-9,12,15,20,24,26-29,40,42,44H,10-11,13-14,16-19H2,1-3H3,(H4,36,37,41)/b9-6+/t20?,24?,26?,27?,28?,29-,33-,34+,35?/m1/s1. The fourth-order valence-electron chi connectivity index (χ4n) is 8.49. The van der Waals surface area contributed by atoms with Crippen LogP contribution in [0.3, 0.4) is 0 Å². The SMILES string of the molecule is CC(NC1CC2[C@](C)(CC[C@@H](O)[C@@]2(C)CO)C(/C=C/C2=CC(Cc3ccc(N=C(N)N)cc3)OC2=O)C12CO2)C(=O)CC1=NCC=N1. The summed E-state index contributed by atoms with van der Waals surface area (Å²) in [6, 6.07) is 6.71. The quantitative estimate of drug-likeness (QED) is 0.103. The van der Waals surface area contributed by atoms with Crippen LogP contribution in [-0.4, -0.2) is 89.6 Å². The molecule has 12 nitrogen and oxygen atoms in total. The van der Waals surface area contributed by atoms with Crippen LogP contribution in [0, 0.1) is 22.7 Å². The number of nitrogens with two attached hydrogens (primary N) is 2. The highest BCUT2D eigenvalue weighted by Crippen LogP contribution is 2.65. The number of nitrogens with zero attached hydrogens (tertiary/aromatic N) is 3. The van der Waals surface area contributed by atoms with E-state index >= 15 is 0 Å². The number of carbonyl (C=O) groups is 2. The second kappa shape index (κ2) is 12.7. The molecule has 47 heavy (non-hydrogen) atoms. The van der Waals surface area contributed by atoms with Crippen LogP contribution < -0.4 is 16.8 Å². The molecule has 0 radical (unpaired) electrons. The normalized spacial score (nSPS) is 36.5. The number of ether oxygens (including phenoxy) is 2. The Bertz CT molecular complexity index is 1540. The fourth-order valence-corrected chi connectivity index (χ4v) is 8.49. The predicted octanol–water partition coefficient (Wildman–Crippen LogP) is 1.90. The van der Waals surface area contributed by atoms with Gasteiger partial charge in [0, 0.05) is 30.0 Å². The van der Waals surface area contributed by atoms with E-state index in [0.717, 1.165) is 12.0 Å². The first kappa shape index (κ1) is 33.2. The number of carbonyl (C=O) groups excluding carboxylic acids is 2. The number of hydrogen-bond donors (Lipinski definition) is 5. The molecule has 3 fully saturated rings. The average Bonchev–Trinajstić information content (AvgIpc) is 3.49. The summed E-state index contributed by atoms with van der Waals surface area (Å²) in [5, 5.41) is 25.4. The molecule has 2 saturated carbocycles. The molecule has 0 amide bonds. The number of esters is 1.